The summed E-state index contributed by atoms with van der Waals surface area (Å²) < 4.78 is 0. The monoisotopic (exact) mass is 174 g/mol. The minimum atomic E-state index is -0.252. The van der Waals surface area contributed by atoms with E-state index in [2.05, 4.69) is 0 Å². The fourth-order valence-electron chi connectivity index (χ4n) is 1.43. The van der Waals surface area contributed by atoms with Crippen molar-refractivity contribution in [1.82, 2.24) is 0 Å². The van der Waals surface area contributed by atoms with E-state index in [-0.39, 0.29) is 16.5 Å². The molecule has 0 unspecified atom stereocenters. The molecule has 0 aliphatic heterocycles. The first-order valence-electron chi connectivity index (χ1n) is 4.05. The van der Waals surface area contributed by atoms with Gasteiger partial charge in [0.1, 0.15) is 0 Å². The van der Waals surface area contributed by atoms with Crippen LogP contribution >= 0.6 is 11.8 Å². The Bertz CT molecular complexity index is 147. The second-order valence-electron chi connectivity index (χ2n) is 3.00. The van der Waals surface area contributed by atoms with Crippen molar-refractivity contribution in [3.05, 3.63) is 0 Å². The van der Waals surface area contributed by atoms with Crippen molar-refractivity contribution in [2.24, 2.45) is 0 Å². The van der Waals surface area contributed by atoms with Gasteiger partial charge in [0.25, 0.3) is 0 Å². The molecule has 1 N–H and O–H groups in total. The topological polar surface area (TPSA) is 37.3 Å². The van der Waals surface area contributed by atoms with E-state index in [4.69, 9.17) is 0 Å². The Hall–Kier alpha value is -0.0200. The van der Waals surface area contributed by atoms with Crippen molar-refractivity contribution in [2.45, 2.75) is 44.0 Å². The Kier molecular flexibility index (Phi) is 3.40. The summed E-state index contributed by atoms with van der Waals surface area (Å²) in [5.74, 6) is 0. The van der Waals surface area contributed by atoms with Gasteiger partial charge in [-0.1, -0.05) is 24.6 Å². The van der Waals surface area contributed by atoms with Crippen LogP contribution < -0.4 is 0 Å². The lowest BCUT2D eigenvalue weighted by molar-refractivity contribution is -0.109. The fraction of sp³-hybridized carbons (Fsp3) is 0.875. The molecule has 0 bridgehead atoms. The predicted octanol–water partition coefficient (Wildman–Crippen LogP) is 1.57. The molecular formula is C8H14O2S. The minimum Gasteiger partial charge on any atom is -0.392 e. The molecule has 0 aromatic heterocycles. The molecule has 1 fully saturated rings. The van der Waals surface area contributed by atoms with Crippen LogP contribution in [0, 0.1) is 0 Å². The molecule has 0 aromatic carbocycles. The number of hydrogen-bond donors (Lipinski definition) is 1. The van der Waals surface area contributed by atoms with E-state index in [0.29, 0.717) is 0 Å². The summed E-state index contributed by atoms with van der Waals surface area (Å²) in [5.41, 5.74) is 0. The summed E-state index contributed by atoms with van der Waals surface area (Å²) in [6, 6.07) is 0. The number of carbonyl (C=O) groups is 1. The van der Waals surface area contributed by atoms with Crippen LogP contribution in [0.15, 0.2) is 0 Å². The van der Waals surface area contributed by atoms with Crippen LogP contribution in [0.5, 0.6) is 0 Å². The van der Waals surface area contributed by atoms with Crippen molar-refractivity contribution < 1.29 is 9.90 Å². The number of aliphatic hydroxyl groups is 1. The van der Waals surface area contributed by atoms with Gasteiger partial charge in [0.2, 0.25) is 0 Å². The molecule has 1 aliphatic carbocycles. The number of aliphatic hydroxyl groups excluding tert-OH is 1. The summed E-state index contributed by atoms with van der Waals surface area (Å²) in [4.78, 5) is 10.7. The second kappa shape index (κ2) is 4.12. The number of hydrogen-bond acceptors (Lipinski definition) is 3. The highest BCUT2D eigenvalue weighted by molar-refractivity contribution is 8.14. The van der Waals surface area contributed by atoms with Gasteiger partial charge in [-0.15, -0.1) is 0 Å². The quantitative estimate of drug-likeness (QED) is 0.655. The SMILES string of the molecule is CC(=O)S[C@@H]1CCCC[C@H]1O. The van der Waals surface area contributed by atoms with E-state index < -0.39 is 0 Å². The van der Waals surface area contributed by atoms with E-state index in [1.165, 1.54) is 11.8 Å². The fourth-order valence-corrected chi connectivity index (χ4v) is 2.43. The summed E-state index contributed by atoms with van der Waals surface area (Å²) in [6.07, 6.45) is 3.87. The molecular weight excluding hydrogens is 160 g/mol. The lowest BCUT2D eigenvalue weighted by Crippen LogP contribution is -2.27. The van der Waals surface area contributed by atoms with Crippen LogP contribution in [0.25, 0.3) is 0 Å². The van der Waals surface area contributed by atoms with Crippen molar-refractivity contribution in [1.29, 1.82) is 0 Å². The molecule has 1 aliphatic rings. The van der Waals surface area contributed by atoms with Crippen LogP contribution in [0.2, 0.25) is 0 Å². The molecule has 64 valence electrons. The predicted molar refractivity (Wildman–Crippen MR) is 46.5 cm³/mol. The van der Waals surface area contributed by atoms with Crippen LogP contribution in [-0.4, -0.2) is 21.6 Å². The first-order chi connectivity index (χ1) is 5.20. The van der Waals surface area contributed by atoms with E-state index in [1.807, 2.05) is 0 Å². The highest BCUT2D eigenvalue weighted by atomic mass is 32.2. The molecule has 0 heterocycles. The lowest BCUT2D eigenvalue weighted by Gasteiger charge is -2.25. The number of rotatable bonds is 1. The van der Waals surface area contributed by atoms with Gasteiger partial charge in [0, 0.05) is 12.2 Å². The van der Waals surface area contributed by atoms with Crippen LogP contribution in [0.4, 0.5) is 0 Å². The summed E-state index contributed by atoms with van der Waals surface area (Å²) in [7, 11) is 0. The van der Waals surface area contributed by atoms with Gasteiger partial charge >= 0.3 is 0 Å². The molecule has 0 spiro atoms. The van der Waals surface area contributed by atoms with E-state index in [1.54, 1.807) is 6.92 Å². The van der Waals surface area contributed by atoms with Gasteiger partial charge in [0.15, 0.2) is 5.12 Å². The summed E-state index contributed by atoms with van der Waals surface area (Å²) in [6.45, 7) is 1.56. The molecule has 2 atom stereocenters. The van der Waals surface area contributed by atoms with Crippen molar-refractivity contribution in [2.75, 3.05) is 0 Å². The lowest BCUT2D eigenvalue weighted by atomic mass is 9.97. The Morgan fingerprint density at radius 1 is 1.45 bits per heavy atom. The minimum absolute atomic E-state index is 0.121. The highest BCUT2D eigenvalue weighted by Gasteiger charge is 2.24. The van der Waals surface area contributed by atoms with Crippen LogP contribution in [-0.2, 0) is 4.79 Å². The van der Waals surface area contributed by atoms with Crippen molar-refractivity contribution in [3.63, 3.8) is 0 Å². The van der Waals surface area contributed by atoms with Gasteiger partial charge in [-0.25, -0.2) is 0 Å². The smallest absolute Gasteiger partial charge is 0.186 e. The third-order valence-electron chi connectivity index (χ3n) is 1.99. The first-order valence-corrected chi connectivity index (χ1v) is 4.93. The highest BCUT2D eigenvalue weighted by Crippen LogP contribution is 2.28. The molecule has 1 rings (SSSR count). The second-order valence-corrected chi connectivity index (χ2v) is 4.42. The largest absolute Gasteiger partial charge is 0.392 e. The summed E-state index contributed by atoms with van der Waals surface area (Å²) >= 11 is 1.29. The number of thioether (sulfide) groups is 1. The maximum Gasteiger partial charge on any atom is 0.186 e. The Morgan fingerprint density at radius 2 is 2.09 bits per heavy atom. The third kappa shape index (κ3) is 2.83. The van der Waals surface area contributed by atoms with Gasteiger partial charge in [-0.05, 0) is 12.8 Å². The third-order valence-corrected chi connectivity index (χ3v) is 3.17. The van der Waals surface area contributed by atoms with Crippen molar-refractivity contribution >= 4 is 16.9 Å². The molecule has 0 aromatic rings. The zero-order valence-corrected chi connectivity index (χ0v) is 7.56. The van der Waals surface area contributed by atoms with Gasteiger partial charge in [0.05, 0.1) is 6.10 Å². The Morgan fingerprint density at radius 3 is 2.64 bits per heavy atom. The van der Waals surface area contributed by atoms with E-state index in [0.717, 1.165) is 25.7 Å². The van der Waals surface area contributed by atoms with Crippen LogP contribution in [0.1, 0.15) is 32.6 Å². The maximum atomic E-state index is 10.7. The standard InChI is InChI=1S/C8H14O2S/c1-6(9)11-8-5-3-2-4-7(8)10/h7-8,10H,2-5H2,1H3/t7-,8-/m1/s1. The van der Waals surface area contributed by atoms with E-state index in [9.17, 15) is 9.90 Å². The molecule has 3 heteroatoms. The average Bonchev–Trinajstić information content (AvgIpc) is 1.93. The van der Waals surface area contributed by atoms with Gasteiger partial charge in [-0.2, -0.15) is 0 Å². The summed E-state index contributed by atoms with van der Waals surface area (Å²) in [5, 5.41) is 9.73. The normalized spacial score (nSPS) is 31.8. The first kappa shape index (κ1) is 9.07. The zero-order valence-electron chi connectivity index (χ0n) is 6.75. The van der Waals surface area contributed by atoms with Gasteiger partial charge in [-0.3, -0.25) is 4.79 Å². The molecule has 1 saturated carbocycles. The maximum absolute atomic E-state index is 10.7. The van der Waals surface area contributed by atoms with E-state index >= 15 is 0 Å². The Labute approximate surface area is 71.4 Å². The molecule has 0 amide bonds. The van der Waals surface area contributed by atoms with Crippen molar-refractivity contribution in [3.8, 4) is 0 Å². The number of carbonyl (C=O) groups excluding carboxylic acids is 1. The molecule has 11 heavy (non-hydrogen) atoms. The molecule has 0 saturated heterocycles. The average molecular weight is 174 g/mol. The zero-order chi connectivity index (χ0) is 8.27. The Balaban J connectivity index is 2.35. The van der Waals surface area contributed by atoms with Gasteiger partial charge < -0.3 is 5.11 Å². The molecule has 2 nitrogen and oxygen atoms in total. The molecule has 0 radical (unpaired) electrons. The van der Waals surface area contributed by atoms with Crippen LogP contribution in [0.3, 0.4) is 0 Å².